The number of aryl methyl sites for hydroxylation is 1. The number of nitrogens with one attached hydrogen (secondary N) is 2. The topological polar surface area (TPSA) is 44.4 Å². The van der Waals surface area contributed by atoms with E-state index in [1.54, 1.807) is 0 Å². The highest BCUT2D eigenvalue weighted by molar-refractivity contribution is 5.95. The lowest BCUT2D eigenvalue weighted by Crippen LogP contribution is -2.43. The zero-order valence-corrected chi connectivity index (χ0v) is 12.8. The van der Waals surface area contributed by atoms with Crippen LogP contribution in [-0.4, -0.2) is 31.6 Å². The van der Waals surface area contributed by atoms with Crippen LogP contribution in [0.25, 0.3) is 0 Å². The number of rotatable bonds is 3. The smallest absolute Gasteiger partial charge is 0.241 e. The second-order valence-corrected chi connectivity index (χ2v) is 6.19. The minimum absolute atomic E-state index is 0.0311. The quantitative estimate of drug-likeness (QED) is 0.898. The van der Waals surface area contributed by atoms with Gasteiger partial charge in [-0.15, -0.1) is 0 Å². The van der Waals surface area contributed by atoms with Crippen molar-refractivity contribution in [3.63, 3.8) is 0 Å². The van der Waals surface area contributed by atoms with Gasteiger partial charge in [-0.3, -0.25) is 4.79 Å². The molecule has 1 aromatic rings. The van der Waals surface area contributed by atoms with E-state index in [-0.39, 0.29) is 11.9 Å². The first-order valence-corrected chi connectivity index (χ1v) is 8.14. The predicted octanol–water partition coefficient (Wildman–Crippen LogP) is 2.68. The summed E-state index contributed by atoms with van der Waals surface area (Å²) in [5, 5.41) is 6.37. The summed E-state index contributed by atoms with van der Waals surface area (Å²) in [4.78, 5) is 14.7. The summed E-state index contributed by atoms with van der Waals surface area (Å²) in [5.41, 5.74) is 3.36. The van der Waals surface area contributed by atoms with Gasteiger partial charge in [-0.1, -0.05) is 6.42 Å². The second-order valence-electron chi connectivity index (χ2n) is 6.19. The van der Waals surface area contributed by atoms with Gasteiger partial charge in [-0.25, -0.2) is 0 Å². The number of anilines is 2. The van der Waals surface area contributed by atoms with E-state index in [2.05, 4.69) is 34.6 Å². The number of nitrogens with zero attached hydrogens (tertiary/aromatic N) is 1. The summed E-state index contributed by atoms with van der Waals surface area (Å²) < 4.78 is 0. The molecule has 2 fully saturated rings. The van der Waals surface area contributed by atoms with Gasteiger partial charge >= 0.3 is 0 Å². The molecular weight excluding hydrogens is 262 g/mol. The van der Waals surface area contributed by atoms with Crippen LogP contribution in [0.2, 0.25) is 0 Å². The van der Waals surface area contributed by atoms with Crippen molar-refractivity contribution in [1.82, 2.24) is 5.32 Å². The van der Waals surface area contributed by atoms with Crippen LogP contribution in [-0.2, 0) is 4.79 Å². The van der Waals surface area contributed by atoms with E-state index >= 15 is 0 Å². The van der Waals surface area contributed by atoms with E-state index in [9.17, 15) is 4.79 Å². The number of carbonyl (C=O) groups excluding carboxylic acids is 1. The molecule has 1 amide bonds. The summed E-state index contributed by atoms with van der Waals surface area (Å²) in [6, 6.07) is 6.33. The largest absolute Gasteiger partial charge is 0.372 e. The van der Waals surface area contributed by atoms with Crippen molar-refractivity contribution >= 4 is 17.3 Å². The van der Waals surface area contributed by atoms with Gasteiger partial charge in [0.05, 0.1) is 6.04 Å². The molecule has 114 valence electrons. The van der Waals surface area contributed by atoms with E-state index in [4.69, 9.17) is 0 Å². The van der Waals surface area contributed by atoms with Gasteiger partial charge in [-0.05, 0) is 62.9 Å². The molecule has 2 saturated heterocycles. The lowest BCUT2D eigenvalue weighted by atomic mass is 10.0. The Morgan fingerprint density at radius 3 is 2.71 bits per heavy atom. The Hall–Kier alpha value is -1.55. The van der Waals surface area contributed by atoms with Gasteiger partial charge in [0.15, 0.2) is 0 Å². The summed E-state index contributed by atoms with van der Waals surface area (Å²) in [7, 11) is 0. The molecular formula is C17H25N3O. The van der Waals surface area contributed by atoms with E-state index in [1.165, 1.54) is 24.9 Å². The summed E-state index contributed by atoms with van der Waals surface area (Å²) >= 11 is 0. The highest BCUT2D eigenvalue weighted by Crippen LogP contribution is 2.25. The molecule has 0 saturated carbocycles. The normalized spacial score (nSPS) is 22.3. The number of hydrogen-bond donors (Lipinski definition) is 2. The molecule has 4 nitrogen and oxygen atoms in total. The third-order valence-electron chi connectivity index (χ3n) is 4.57. The molecule has 0 spiro atoms. The van der Waals surface area contributed by atoms with Gasteiger partial charge < -0.3 is 15.5 Å². The van der Waals surface area contributed by atoms with Crippen LogP contribution < -0.4 is 15.5 Å². The molecule has 0 radical (unpaired) electrons. The average Bonchev–Trinajstić information content (AvgIpc) is 3.04. The first kappa shape index (κ1) is 14.4. The molecule has 2 aliphatic heterocycles. The Balaban J connectivity index is 1.66. The first-order valence-electron chi connectivity index (χ1n) is 8.14. The maximum Gasteiger partial charge on any atom is 0.241 e. The lowest BCUT2D eigenvalue weighted by molar-refractivity contribution is -0.118. The van der Waals surface area contributed by atoms with Gasteiger partial charge in [0, 0.05) is 24.5 Å². The number of carbonyl (C=O) groups is 1. The molecule has 0 aliphatic carbocycles. The summed E-state index contributed by atoms with van der Waals surface area (Å²) in [5.74, 6) is 0.103. The fraction of sp³-hybridized carbons (Fsp3) is 0.588. The molecule has 0 bridgehead atoms. The number of piperidine rings is 1. The van der Waals surface area contributed by atoms with Crippen molar-refractivity contribution in [1.29, 1.82) is 0 Å². The zero-order valence-electron chi connectivity index (χ0n) is 12.8. The molecule has 2 N–H and O–H groups in total. The van der Waals surface area contributed by atoms with Crippen LogP contribution in [0, 0.1) is 6.92 Å². The Bertz CT molecular complexity index is 503. The van der Waals surface area contributed by atoms with Gasteiger partial charge in [-0.2, -0.15) is 0 Å². The van der Waals surface area contributed by atoms with Crippen molar-refractivity contribution in [2.45, 2.75) is 45.1 Å². The van der Waals surface area contributed by atoms with Gasteiger partial charge in [0.2, 0.25) is 5.91 Å². The maximum absolute atomic E-state index is 12.3. The minimum atomic E-state index is -0.0311. The Labute approximate surface area is 126 Å². The van der Waals surface area contributed by atoms with Crippen LogP contribution in [0.4, 0.5) is 11.4 Å². The standard InChI is InChI=1S/C17H25N3O/c1-13-12-14(20-10-4-5-11-20)7-8-15(13)19-17(21)16-6-2-3-9-18-16/h7-8,12,16,18H,2-6,9-11H2,1H3,(H,19,21)/t16-/m1/s1. The number of benzene rings is 1. The molecule has 0 aromatic heterocycles. The highest BCUT2D eigenvalue weighted by Gasteiger charge is 2.21. The van der Waals surface area contributed by atoms with E-state index in [0.717, 1.165) is 43.7 Å². The van der Waals surface area contributed by atoms with Crippen molar-refractivity contribution in [3.05, 3.63) is 23.8 Å². The molecule has 2 heterocycles. The SMILES string of the molecule is Cc1cc(N2CCCC2)ccc1NC(=O)[C@H]1CCCCN1. The number of hydrogen-bond acceptors (Lipinski definition) is 3. The maximum atomic E-state index is 12.3. The Kier molecular flexibility index (Phi) is 4.44. The van der Waals surface area contributed by atoms with Gasteiger partial charge in [0.1, 0.15) is 0 Å². The van der Waals surface area contributed by atoms with E-state index < -0.39 is 0 Å². The van der Waals surface area contributed by atoms with Crippen LogP contribution >= 0.6 is 0 Å². The molecule has 0 unspecified atom stereocenters. The fourth-order valence-corrected chi connectivity index (χ4v) is 3.26. The lowest BCUT2D eigenvalue weighted by Gasteiger charge is -2.23. The zero-order chi connectivity index (χ0) is 14.7. The Morgan fingerprint density at radius 1 is 1.24 bits per heavy atom. The van der Waals surface area contributed by atoms with Crippen LogP contribution in [0.1, 0.15) is 37.7 Å². The third-order valence-corrected chi connectivity index (χ3v) is 4.57. The van der Waals surface area contributed by atoms with Crippen LogP contribution in [0.5, 0.6) is 0 Å². The van der Waals surface area contributed by atoms with E-state index in [1.807, 2.05) is 6.07 Å². The second kappa shape index (κ2) is 6.48. The van der Waals surface area contributed by atoms with Crippen LogP contribution in [0.15, 0.2) is 18.2 Å². The van der Waals surface area contributed by atoms with Crippen molar-refractivity contribution in [3.8, 4) is 0 Å². The molecule has 2 aliphatic rings. The van der Waals surface area contributed by atoms with Crippen molar-refractivity contribution in [2.75, 3.05) is 29.9 Å². The van der Waals surface area contributed by atoms with Crippen molar-refractivity contribution < 1.29 is 4.79 Å². The van der Waals surface area contributed by atoms with E-state index in [0.29, 0.717) is 0 Å². The fourth-order valence-electron chi connectivity index (χ4n) is 3.26. The summed E-state index contributed by atoms with van der Waals surface area (Å²) in [6.07, 6.45) is 5.82. The van der Waals surface area contributed by atoms with Crippen LogP contribution in [0.3, 0.4) is 0 Å². The molecule has 1 atom stereocenters. The molecule has 21 heavy (non-hydrogen) atoms. The number of amides is 1. The first-order chi connectivity index (χ1) is 10.2. The molecule has 4 heteroatoms. The third kappa shape index (κ3) is 3.38. The predicted molar refractivity (Wildman–Crippen MR) is 86.9 cm³/mol. The highest BCUT2D eigenvalue weighted by atomic mass is 16.2. The van der Waals surface area contributed by atoms with Crippen molar-refractivity contribution in [2.24, 2.45) is 0 Å². The monoisotopic (exact) mass is 287 g/mol. The summed E-state index contributed by atoms with van der Waals surface area (Å²) in [6.45, 7) is 5.32. The van der Waals surface area contributed by atoms with Gasteiger partial charge in [0.25, 0.3) is 0 Å². The molecule has 1 aromatic carbocycles. The average molecular weight is 287 g/mol. The molecule has 3 rings (SSSR count). The minimum Gasteiger partial charge on any atom is -0.372 e. The Morgan fingerprint density at radius 2 is 2.05 bits per heavy atom.